The first-order valence-corrected chi connectivity index (χ1v) is 3.93. The monoisotopic (exact) mass is 168 g/mol. The van der Waals surface area contributed by atoms with Crippen molar-refractivity contribution in [1.29, 1.82) is 0 Å². The lowest BCUT2D eigenvalue weighted by molar-refractivity contribution is 0.303. The standard InChI is InChI=1S/C8H12N2O2/c1-3-4-12-7-5-6(2)9-8(11)10-7/h5H,3-4H2,1-2H3,(H,9,10,11). The van der Waals surface area contributed by atoms with Crippen molar-refractivity contribution in [2.24, 2.45) is 0 Å². The molecule has 0 bridgehead atoms. The Kier molecular flexibility index (Phi) is 2.85. The highest BCUT2D eigenvalue weighted by Gasteiger charge is 1.96. The Morgan fingerprint density at radius 2 is 2.42 bits per heavy atom. The second-order valence-electron chi connectivity index (χ2n) is 2.56. The Morgan fingerprint density at radius 3 is 3.00 bits per heavy atom. The van der Waals surface area contributed by atoms with Crippen LogP contribution in [0.1, 0.15) is 19.0 Å². The Balaban J connectivity index is 2.79. The van der Waals surface area contributed by atoms with Gasteiger partial charge in [-0.2, -0.15) is 4.98 Å². The minimum absolute atomic E-state index is 0.360. The lowest BCUT2D eigenvalue weighted by Gasteiger charge is -2.02. The van der Waals surface area contributed by atoms with Gasteiger partial charge in [0.15, 0.2) is 0 Å². The third-order valence-electron chi connectivity index (χ3n) is 1.31. The van der Waals surface area contributed by atoms with Crippen molar-refractivity contribution in [2.75, 3.05) is 6.61 Å². The molecule has 4 heteroatoms. The van der Waals surface area contributed by atoms with Crippen molar-refractivity contribution >= 4 is 0 Å². The molecule has 0 saturated carbocycles. The van der Waals surface area contributed by atoms with Gasteiger partial charge in [0.2, 0.25) is 5.88 Å². The minimum Gasteiger partial charge on any atom is -0.478 e. The second-order valence-corrected chi connectivity index (χ2v) is 2.56. The molecule has 0 aromatic carbocycles. The fourth-order valence-electron chi connectivity index (χ4n) is 0.831. The maximum atomic E-state index is 10.8. The molecule has 1 N–H and O–H groups in total. The van der Waals surface area contributed by atoms with Gasteiger partial charge in [0.25, 0.3) is 0 Å². The number of ether oxygens (including phenoxy) is 1. The topological polar surface area (TPSA) is 55.0 Å². The molecule has 0 saturated heterocycles. The third-order valence-corrected chi connectivity index (χ3v) is 1.31. The summed E-state index contributed by atoms with van der Waals surface area (Å²) in [5, 5.41) is 0. The van der Waals surface area contributed by atoms with Gasteiger partial charge in [-0.3, -0.25) is 0 Å². The van der Waals surface area contributed by atoms with Gasteiger partial charge in [0.1, 0.15) is 0 Å². The van der Waals surface area contributed by atoms with Crippen molar-refractivity contribution < 1.29 is 4.74 Å². The highest BCUT2D eigenvalue weighted by atomic mass is 16.5. The van der Waals surface area contributed by atoms with E-state index in [1.165, 1.54) is 0 Å². The van der Waals surface area contributed by atoms with Gasteiger partial charge in [-0.05, 0) is 13.3 Å². The van der Waals surface area contributed by atoms with Gasteiger partial charge in [-0.1, -0.05) is 6.92 Å². The van der Waals surface area contributed by atoms with Crippen molar-refractivity contribution in [3.63, 3.8) is 0 Å². The van der Waals surface area contributed by atoms with E-state index in [-0.39, 0.29) is 5.69 Å². The van der Waals surface area contributed by atoms with Crippen molar-refractivity contribution in [2.45, 2.75) is 20.3 Å². The zero-order valence-corrected chi connectivity index (χ0v) is 7.26. The molecule has 0 atom stereocenters. The van der Waals surface area contributed by atoms with Crippen molar-refractivity contribution in [1.82, 2.24) is 9.97 Å². The number of nitrogens with zero attached hydrogens (tertiary/aromatic N) is 1. The van der Waals surface area contributed by atoms with E-state index < -0.39 is 0 Å². The van der Waals surface area contributed by atoms with E-state index in [4.69, 9.17) is 4.74 Å². The van der Waals surface area contributed by atoms with Crippen LogP contribution in [0.15, 0.2) is 10.9 Å². The van der Waals surface area contributed by atoms with Crippen LogP contribution >= 0.6 is 0 Å². The van der Waals surface area contributed by atoms with E-state index in [0.29, 0.717) is 12.5 Å². The smallest absolute Gasteiger partial charge is 0.348 e. The van der Waals surface area contributed by atoms with Crippen LogP contribution in [0.4, 0.5) is 0 Å². The lowest BCUT2D eigenvalue weighted by atomic mass is 10.4. The molecule has 4 nitrogen and oxygen atoms in total. The SMILES string of the molecule is CCCOc1cc(C)[nH]c(=O)n1. The van der Waals surface area contributed by atoms with E-state index in [0.717, 1.165) is 12.1 Å². The zero-order chi connectivity index (χ0) is 8.97. The molecule has 1 heterocycles. The van der Waals surface area contributed by atoms with Gasteiger partial charge in [-0.25, -0.2) is 4.79 Å². The normalized spacial score (nSPS) is 9.83. The van der Waals surface area contributed by atoms with Gasteiger partial charge in [0.05, 0.1) is 6.61 Å². The first kappa shape index (κ1) is 8.77. The summed E-state index contributed by atoms with van der Waals surface area (Å²) < 4.78 is 5.19. The molecule has 0 radical (unpaired) electrons. The summed E-state index contributed by atoms with van der Waals surface area (Å²) in [6.07, 6.45) is 0.910. The number of hydrogen-bond acceptors (Lipinski definition) is 3. The predicted molar refractivity (Wildman–Crippen MR) is 45.4 cm³/mol. The zero-order valence-electron chi connectivity index (χ0n) is 7.26. The van der Waals surface area contributed by atoms with Crippen LogP contribution in [0.5, 0.6) is 5.88 Å². The third kappa shape index (κ3) is 2.38. The summed E-state index contributed by atoms with van der Waals surface area (Å²) >= 11 is 0. The number of aromatic nitrogens is 2. The maximum Gasteiger partial charge on any atom is 0.348 e. The molecule has 12 heavy (non-hydrogen) atoms. The molecule has 66 valence electrons. The molecule has 0 aliphatic rings. The molecule has 1 aromatic rings. The number of aryl methyl sites for hydroxylation is 1. The molecule has 0 aliphatic carbocycles. The van der Waals surface area contributed by atoms with Crippen LogP contribution in [0.2, 0.25) is 0 Å². The van der Waals surface area contributed by atoms with E-state index in [1.54, 1.807) is 13.0 Å². The number of H-pyrrole nitrogens is 1. The molecular formula is C8H12N2O2. The second kappa shape index (κ2) is 3.90. The average molecular weight is 168 g/mol. The van der Waals surface area contributed by atoms with Crippen molar-refractivity contribution in [3.05, 3.63) is 22.2 Å². The van der Waals surface area contributed by atoms with E-state index >= 15 is 0 Å². The predicted octanol–water partition coefficient (Wildman–Crippen LogP) is 0.867. The van der Waals surface area contributed by atoms with Gasteiger partial charge < -0.3 is 9.72 Å². The Morgan fingerprint density at radius 1 is 1.67 bits per heavy atom. The summed E-state index contributed by atoms with van der Waals surface area (Å²) in [5.41, 5.74) is 0.405. The largest absolute Gasteiger partial charge is 0.478 e. The summed E-state index contributed by atoms with van der Waals surface area (Å²) in [7, 11) is 0. The van der Waals surface area contributed by atoms with E-state index in [2.05, 4.69) is 9.97 Å². The van der Waals surface area contributed by atoms with Crippen LogP contribution in [-0.2, 0) is 0 Å². The Labute approximate surface area is 70.6 Å². The number of hydrogen-bond donors (Lipinski definition) is 1. The van der Waals surface area contributed by atoms with Crippen molar-refractivity contribution in [3.8, 4) is 5.88 Å². The molecular weight excluding hydrogens is 156 g/mol. The first-order chi connectivity index (χ1) is 5.72. The van der Waals surface area contributed by atoms with Crippen LogP contribution in [-0.4, -0.2) is 16.6 Å². The highest BCUT2D eigenvalue weighted by Crippen LogP contribution is 2.03. The molecule has 0 aliphatic heterocycles. The summed E-state index contributed by atoms with van der Waals surface area (Å²) in [6, 6.07) is 1.71. The maximum absolute atomic E-state index is 10.8. The summed E-state index contributed by atoms with van der Waals surface area (Å²) in [4.78, 5) is 17.0. The van der Waals surface area contributed by atoms with E-state index in [1.807, 2.05) is 6.92 Å². The summed E-state index contributed by atoms with van der Waals surface area (Å²) in [6.45, 7) is 4.39. The van der Waals surface area contributed by atoms with Gasteiger partial charge in [0, 0.05) is 11.8 Å². The van der Waals surface area contributed by atoms with Crippen LogP contribution < -0.4 is 10.4 Å². The summed E-state index contributed by atoms with van der Waals surface area (Å²) in [5.74, 6) is 0.401. The highest BCUT2D eigenvalue weighted by molar-refractivity contribution is 5.11. The van der Waals surface area contributed by atoms with Crippen LogP contribution in [0.3, 0.4) is 0 Å². The van der Waals surface area contributed by atoms with Gasteiger partial charge >= 0.3 is 5.69 Å². The quantitative estimate of drug-likeness (QED) is 0.728. The number of aromatic amines is 1. The minimum atomic E-state index is -0.360. The number of nitrogens with one attached hydrogen (secondary N) is 1. The lowest BCUT2D eigenvalue weighted by Crippen LogP contribution is -2.13. The van der Waals surface area contributed by atoms with Crippen LogP contribution in [0, 0.1) is 6.92 Å². The Hall–Kier alpha value is -1.32. The molecule has 1 aromatic heterocycles. The molecule has 0 amide bonds. The Bertz CT molecular complexity index is 306. The molecule has 0 fully saturated rings. The fraction of sp³-hybridized carbons (Fsp3) is 0.500. The molecule has 0 spiro atoms. The average Bonchev–Trinajstić information content (AvgIpc) is 1.99. The number of rotatable bonds is 3. The molecule has 0 unspecified atom stereocenters. The fourth-order valence-corrected chi connectivity index (χ4v) is 0.831. The molecule has 1 rings (SSSR count). The van der Waals surface area contributed by atoms with Crippen LogP contribution in [0.25, 0.3) is 0 Å². The van der Waals surface area contributed by atoms with Gasteiger partial charge in [-0.15, -0.1) is 0 Å². The first-order valence-electron chi connectivity index (χ1n) is 3.93. The van der Waals surface area contributed by atoms with E-state index in [9.17, 15) is 4.79 Å².